The number of aliphatic imine (C=N–C) groups is 1. The van der Waals surface area contributed by atoms with Crippen LogP contribution in [0.1, 0.15) is 160 Å². The molecular weight excluding hydrogens is 1360 g/mol. The van der Waals surface area contributed by atoms with Crippen LogP contribution in [0.2, 0.25) is 0 Å². The fourth-order valence-corrected chi connectivity index (χ4v) is 10.8. The van der Waals surface area contributed by atoms with Crippen molar-refractivity contribution < 1.29 is 102 Å². The van der Waals surface area contributed by atoms with Crippen molar-refractivity contribution in [2.24, 2.45) is 63.3 Å². The van der Waals surface area contributed by atoms with E-state index < -0.39 is 235 Å². The average molecular weight is 1470 g/mol. The van der Waals surface area contributed by atoms with Crippen molar-refractivity contribution in [3.63, 3.8) is 0 Å². The Morgan fingerprint density at radius 1 is 0.447 bits per heavy atom. The highest BCUT2D eigenvalue weighted by atomic mass is 16.4. The SMILES string of the molecule is CC(C)C[C@H](NC(=O)[C@@H](NC(=O)[C@@H](N)CC(C)C)C(C)C)C(=O)N[C@H](C(=O)N[C@@H](CC(C)C)C(=O)N[C@@H](CC(N)=O)C(=O)N[C@@H](CCC(=O)O)C(=O)N[C@@H](CC(C)C)C(=O)N1CCC[C@H]1C(=O)N[C@@H](CC(N)=O)C(=O)N[C@@H](CCCN=C(N)N)C(=O)N[C@H](C(=O)N[C@@H](CO)C(=O)O)[C@@H](C)O)[C@@H](C)O. The standard InChI is InChI=1S/C64H112N18O21/c1-28(2)21-35(65)51(90)79-48(32(9)10)59(98)75-39(23-30(5)6)57(96)81-49(33(11)84)60(99)76-38(22-29(3)4)54(93)73-40(25-45(66)86)55(94)72-37(17-18-47(88)89)52(91)77-42(24-31(7)8)62(101)82-20-14-16-44(82)58(97)74-41(26-46(67)87)56(95)71-36(15-13-19-70-64(68)69)53(92)80-50(34(12)85)61(100)78-43(27-83)63(102)103/h28-44,48-50,83-85H,13-27,65H2,1-12H3,(H2,66,86)(H2,67,87)(H,71,95)(H,72,94)(H,73,93)(H,74,97)(H,75,98)(H,76,99)(H,77,91)(H,78,100)(H,79,90)(H,80,92)(H,81,96)(H,88,89)(H,102,103)(H4,68,69,70)/t33-,34-,35+,36+,37+,38+,39+,40+,41+,42+,43+,44+,48+,49+,50+/m1/s1. The fourth-order valence-electron chi connectivity index (χ4n) is 10.8. The number of nitrogens with two attached hydrogens (primary N) is 5. The van der Waals surface area contributed by atoms with Crippen LogP contribution in [0.25, 0.3) is 0 Å². The highest BCUT2D eigenvalue weighted by Crippen LogP contribution is 2.22. The highest BCUT2D eigenvalue weighted by Gasteiger charge is 2.43. The number of carboxylic acids is 2. The molecule has 1 heterocycles. The first-order chi connectivity index (χ1) is 47.8. The summed E-state index contributed by atoms with van der Waals surface area (Å²) >= 11 is 0. The summed E-state index contributed by atoms with van der Waals surface area (Å²) in [6.07, 6.45) is -6.90. The number of aliphatic carboxylic acids is 2. The first kappa shape index (κ1) is 91.6. The number of carbonyl (C=O) groups is 16. The topological polar surface area (TPSA) is 652 Å². The van der Waals surface area contributed by atoms with E-state index in [0.717, 1.165) is 18.7 Å². The number of nitrogens with one attached hydrogen (secondary N) is 11. The number of amides is 14. The third-order valence-corrected chi connectivity index (χ3v) is 16.0. The molecule has 39 heteroatoms. The molecule has 14 amide bonds. The largest absolute Gasteiger partial charge is 0.481 e. The van der Waals surface area contributed by atoms with E-state index in [0.29, 0.717) is 6.42 Å². The number of aliphatic hydroxyl groups is 3. The first-order valence-electron chi connectivity index (χ1n) is 34.3. The fraction of sp³-hybridized carbons (Fsp3) is 0.734. The van der Waals surface area contributed by atoms with Gasteiger partial charge in [-0.3, -0.25) is 76.9 Å². The van der Waals surface area contributed by atoms with Crippen LogP contribution in [0.4, 0.5) is 0 Å². The number of primary amides is 2. The lowest BCUT2D eigenvalue weighted by atomic mass is 9.98. The maximum absolute atomic E-state index is 14.7. The van der Waals surface area contributed by atoms with Crippen molar-refractivity contribution in [3.8, 4) is 0 Å². The highest BCUT2D eigenvalue weighted by molar-refractivity contribution is 6.01. The lowest BCUT2D eigenvalue weighted by molar-refractivity contribution is -0.144. The molecule has 0 aliphatic carbocycles. The Balaban J connectivity index is 3.63. The van der Waals surface area contributed by atoms with Gasteiger partial charge < -0.3 is 118 Å². The summed E-state index contributed by atoms with van der Waals surface area (Å²) < 4.78 is 0. The number of nitrogens with zero attached hydrogens (tertiary/aromatic N) is 2. The van der Waals surface area contributed by atoms with Crippen LogP contribution >= 0.6 is 0 Å². The maximum Gasteiger partial charge on any atom is 0.328 e. The molecule has 0 radical (unpaired) electrons. The molecule has 0 aromatic carbocycles. The molecule has 26 N–H and O–H groups in total. The number of hydrogen-bond acceptors (Lipinski definition) is 21. The Labute approximate surface area is 598 Å². The predicted octanol–water partition coefficient (Wildman–Crippen LogP) is -7.01. The summed E-state index contributed by atoms with van der Waals surface area (Å²) in [7, 11) is 0. The van der Waals surface area contributed by atoms with E-state index in [4.69, 9.17) is 28.7 Å². The van der Waals surface area contributed by atoms with Gasteiger partial charge in [0.15, 0.2) is 5.96 Å². The zero-order chi connectivity index (χ0) is 79.0. The molecular formula is C64H112N18O21. The second-order valence-corrected chi connectivity index (χ2v) is 27.7. The van der Waals surface area contributed by atoms with Crippen LogP contribution in [0.5, 0.6) is 0 Å². The van der Waals surface area contributed by atoms with Gasteiger partial charge >= 0.3 is 11.9 Å². The molecule has 1 fully saturated rings. The molecule has 1 aliphatic rings. The van der Waals surface area contributed by atoms with E-state index >= 15 is 0 Å². The monoisotopic (exact) mass is 1470 g/mol. The minimum atomic E-state index is -1.94. The van der Waals surface area contributed by atoms with Crippen LogP contribution in [0.3, 0.4) is 0 Å². The van der Waals surface area contributed by atoms with Gasteiger partial charge in [0.1, 0.15) is 72.5 Å². The summed E-state index contributed by atoms with van der Waals surface area (Å²) in [5, 5.41) is 76.1. The summed E-state index contributed by atoms with van der Waals surface area (Å²) in [6, 6.07) is -20.8. The molecule has 0 aromatic rings. The predicted molar refractivity (Wildman–Crippen MR) is 369 cm³/mol. The second-order valence-electron chi connectivity index (χ2n) is 27.7. The lowest BCUT2D eigenvalue weighted by Crippen LogP contribution is -2.62. The maximum atomic E-state index is 14.7. The minimum absolute atomic E-state index is 0.0152. The number of carboxylic acid groups (broad SMARTS) is 2. The van der Waals surface area contributed by atoms with Crippen LogP contribution in [0.15, 0.2) is 4.99 Å². The quantitative estimate of drug-likeness (QED) is 0.0153. The first-order valence-corrected chi connectivity index (χ1v) is 34.3. The molecule has 1 rings (SSSR count). The Bertz CT molecular complexity index is 2980. The number of carbonyl (C=O) groups excluding carboxylic acids is 14. The van der Waals surface area contributed by atoms with Crippen molar-refractivity contribution in [2.45, 2.75) is 251 Å². The van der Waals surface area contributed by atoms with Gasteiger partial charge in [-0.25, -0.2) is 4.79 Å². The van der Waals surface area contributed by atoms with E-state index in [1.165, 1.54) is 0 Å². The zero-order valence-corrected chi connectivity index (χ0v) is 60.7. The van der Waals surface area contributed by atoms with E-state index in [1.54, 1.807) is 55.4 Å². The second kappa shape index (κ2) is 44.9. The van der Waals surface area contributed by atoms with Crippen LogP contribution in [-0.4, -0.2) is 241 Å². The van der Waals surface area contributed by atoms with Crippen molar-refractivity contribution in [3.05, 3.63) is 0 Å². The van der Waals surface area contributed by atoms with E-state index in [-0.39, 0.29) is 75.8 Å². The molecule has 0 aromatic heterocycles. The smallest absolute Gasteiger partial charge is 0.328 e. The normalized spacial score (nSPS) is 16.9. The van der Waals surface area contributed by atoms with E-state index in [1.807, 2.05) is 19.2 Å². The van der Waals surface area contributed by atoms with Gasteiger partial charge in [0.25, 0.3) is 0 Å². The molecule has 0 unspecified atom stereocenters. The van der Waals surface area contributed by atoms with Crippen molar-refractivity contribution >= 4 is 101 Å². The average Bonchev–Trinajstić information content (AvgIpc) is 1.76. The number of guanidine groups is 1. The van der Waals surface area contributed by atoms with Crippen molar-refractivity contribution in [1.29, 1.82) is 0 Å². The van der Waals surface area contributed by atoms with Gasteiger partial charge in [-0.1, -0.05) is 69.2 Å². The molecule has 584 valence electrons. The summed E-state index contributed by atoms with van der Waals surface area (Å²) in [4.78, 5) is 221. The van der Waals surface area contributed by atoms with E-state index in [9.17, 15) is 102 Å². The number of aliphatic hydroxyl groups excluding tert-OH is 3. The summed E-state index contributed by atoms with van der Waals surface area (Å²) in [5.74, 6) is -19.7. The van der Waals surface area contributed by atoms with E-state index in [2.05, 4.69) is 58.2 Å². The minimum Gasteiger partial charge on any atom is -0.481 e. The van der Waals surface area contributed by atoms with Crippen LogP contribution in [0, 0.1) is 29.6 Å². The van der Waals surface area contributed by atoms with Gasteiger partial charge in [-0.05, 0) is 101 Å². The van der Waals surface area contributed by atoms with Gasteiger partial charge in [0.05, 0.1) is 37.7 Å². The Hall–Kier alpha value is -9.37. The Morgan fingerprint density at radius 2 is 0.816 bits per heavy atom. The van der Waals surface area contributed by atoms with Gasteiger partial charge in [-0.2, -0.15) is 0 Å². The van der Waals surface area contributed by atoms with Gasteiger partial charge in [0, 0.05) is 19.5 Å². The molecule has 1 aliphatic heterocycles. The number of rotatable bonds is 47. The summed E-state index contributed by atoms with van der Waals surface area (Å²) in [5.41, 5.74) is 28.0. The Kier molecular flexibility index (Phi) is 39.9. The summed E-state index contributed by atoms with van der Waals surface area (Å²) in [6.45, 7) is 18.1. The zero-order valence-electron chi connectivity index (χ0n) is 60.7. The third kappa shape index (κ3) is 33.5. The molecule has 0 saturated carbocycles. The van der Waals surface area contributed by atoms with Crippen molar-refractivity contribution in [2.75, 3.05) is 19.7 Å². The van der Waals surface area contributed by atoms with Crippen molar-refractivity contribution in [1.82, 2.24) is 63.4 Å². The lowest BCUT2D eigenvalue weighted by Gasteiger charge is -2.31. The van der Waals surface area contributed by atoms with Crippen LogP contribution < -0.4 is 87.2 Å². The molecule has 15 atom stereocenters. The molecule has 39 nitrogen and oxygen atoms in total. The molecule has 0 bridgehead atoms. The van der Waals surface area contributed by atoms with Crippen LogP contribution in [-0.2, 0) is 76.7 Å². The number of hydrogen-bond donors (Lipinski definition) is 21. The number of likely N-dealkylation sites (tertiary alicyclic amines) is 1. The molecule has 1 saturated heterocycles. The third-order valence-electron chi connectivity index (χ3n) is 16.0. The molecule has 103 heavy (non-hydrogen) atoms. The van der Waals surface area contributed by atoms with Gasteiger partial charge in [-0.15, -0.1) is 0 Å². The van der Waals surface area contributed by atoms with Gasteiger partial charge in [0.2, 0.25) is 82.7 Å². The molecule has 0 spiro atoms. The Morgan fingerprint density at radius 3 is 1.23 bits per heavy atom.